The van der Waals surface area contributed by atoms with E-state index in [0.717, 1.165) is 38.6 Å². The fourth-order valence-corrected chi connectivity index (χ4v) is 3.82. The Morgan fingerprint density at radius 2 is 2.05 bits per heavy atom. The Kier molecular flexibility index (Phi) is 4.32. The van der Waals surface area contributed by atoms with Crippen molar-refractivity contribution in [1.82, 2.24) is 10.2 Å². The van der Waals surface area contributed by atoms with Gasteiger partial charge in [-0.2, -0.15) is 0 Å². The minimum Gasteiger partial charge on any atom is -0.356 e. The molecule has 2 amide bonds. The summed E-state index contributed by atoms with van der Waals surface area (Å²) in [6.45, 7) is 1.42. The maximum Gasteiger partial charge on any atom is 0.225 e. The van der Waals surface area contributed by atoms with Gasteiger partial charge >= 0.3 is 0 Å². The predicted octanol–water partition coefficient (Wildman–Crippen LogP) is 1.96. The number of hydrogen-bond acceptors (Lipinski definition) is 2. The molecular formula is C17H26N2O2. The Hall–Kier alpha value is -1.32. The molecule has 2 saturated carbocycles. The van der Waals surface area contributed by atoms with E-state index < -0.39 is 0 Å². The van der Waals surface area contributed by atoms with E-state index in [1.165, 1.54) is 6.42 Å². The van der Waals surface area contributed by atoms with Crippen LogP contribution in [0.2, 0.25) is 0 Å². The highest BCUT2D eigenvalue weighted by molar-refractivity contribution is 5.80. The van der Waals surface area contributed by atoms with E-state index >= 15 is 0 Å². The van der Waals surface area contributed by atoms with E-state index in [4.69, 9.17) is 0 Å². The average molecular weight is 290 g/mol. The highest BCUT2D eigenvalue weighted by Crippen LogP contribution is 2.43. The number of fused-ring (bicyclic) bond motifs is 2. The largest absolute Gasteiger partial charge is 0.356 e. The summed E-state index contributed by atoms with van der Waals surface area (Å²) in [6.07, 6.45) is 10.8. The minimum absolute atomic E-state index is 0.189. The Labute approximate surface area is 127 Å². The van der Waals surface area contributed by atoms with E-state index in [-0.39, 0.29) is 23.7 Å². The lowest BCUT2D eigenvalue weighted by Gasteiger charge is -2.29. The van der Waals surface area contributed by atoms with Gasteiger partial charge in [-0.05, 0) is 43.9 Å². The van der Waals surface area contributed by atoms with E-state index in [0.29, 0.717) is 18.4 Å². The van der Waals surface area contributed by atoms with Crippen molar-refractivity contribution in [3.63, 3.8) is 0 Å². The number of nitrogens with zero attached hydrogens (tertiary/aromatic N) is 1. The van der Waals surface area contributed by atoms with Crippen LogP contribution in [0.15, 0.2) is 12.2 Å². The lowest BCUT2D eigenvalue weighted by Crippen LogP contribution is -2.38. The second-order valence-electron chi connectivity index (χ2n) is 6.92. The van der Waals surface area contributed by atoms with Gasteiger partial charge < -0.3 is 10.2 Å². The summed E-state index contributed by atoms with van der Waals surface area (Å²) in [5.41, 5.74) is 0. The van der Waals surface area contributed by atoms with E-state index in [9.17, 15) is 9.59 Å². The third-order valence-corrected chi connectivity index (χ3v) is 5.42. The summed E-state index contributed by atoms with van der Waals surface area (Å²) in [5.74, 6) is 2.06. The zero-order valence-electron chi connectivity index (χ0n) is 12.9. The zero-order chi connectivity index (χ0) is 14.8. The van der Waals surface area contributed by atoms with Gasteiger partial charge in [0.25, 0.3) is 0 Å². The normalized spacial score (nSPS) is 30.2. The molecule has 1 N–H and O–H groups in total. The molecule has 2 bridgehead atoms. The van der Waals surface area contributed by atoms with Gasteiger partial charge in [0, 0.05) is 32.0 Å². The molecule has 3 rings (SSSR count). The van der Waals surface area contributed by atoms with Crippen LogP contribution in [-0.4, -0.2) is 36.9 Å². The van der Waals surface area contributed by atoms with Gasteiger partial charge in [-0.1, -0.05) is 18.6 Å². The quantitative estimate of drug-likeness (QED) is 0.600. The minimum atomic E-state index is 0.189. The van der Waals surface area contributed by atoms with Crippen molar-refractivity contribution in [2.75, 3.05) is 20.1 Å². The molecule has 3 aliphatic rings. The average Bonchev–Trinajstić information content (AvgIpc) is 3.03. The molecule has 116 valence electrons. The van der Waals surface area contributed by atoms with Crippen molar-refractivity contribution in [2.24, 2.45) is 23.7 Å². The number of nitrogens with one attached hydrogen (secondary N) is 1. The molecule has 4 heteroatoms. The first kappa shape index (κ1) is 14.6. The van der Waals surface area contributed by atoms with Gasteiger partial charge in [-0.25, -0.2) is 0 Å². The van der Waals surface area contributed by atoms with Gasteiger partial charge in [0.15, 0.2) is 0 Å². The van der Waals surface area contributed by atoms with E-state index in [1.54, 1.807) is 0 Å². The summed E-state index contributed by atoms with van der Waals surface area (Å²) >= 11 is 0. The number of amides is 2. The number of carbonyl (C=O) groups is 2. The number of hydrogen-bond donors (Lipinski definition) is 1. The fraction of sp³-hybridized carbons (Fsp3) is 0.765. The molecule has 0 unspecified atom stereocenters. The highest BCUT2D eigenvalue weighted by atomic mass is 16.2. The van der Waals surface area contributed by atoms with Crippen LogP contribution in [0.5, 0.6) is 0 Å². The lowest BCUT2D eigenvalue weighted by atomic mass is 9.84. The number of rotatable bonds is 6. The molecule has 0 aromatic heterocycles. The molecule has 0 aromatic carbocycles. The Bertz CT molecular complexity index is 442. The van der Waals surface area contributed by atoms with Crippen LogP contribution in [0.3, 0.4) is 0 Å². The van der Waals surface area contributed by atoms with Crippen LogP contribution >= 0.6 is 0 Å². The second-order valence-corrected chi connectivity index (χ2v) is 6.92. The van der Waals surface area contributed by atoms with Gasteiger partial charge in [-0.15, -0.1) is 0 Å². The Balaban J connectivity index is 1.32. The maximum absolute atomic E-state index is 12.2. The highest BCUT2D eigenvalue weighted by Gasteiger charge is 2.39. The van der Waals surface area contributed by atoms with Crippen LogP contribution in [-0.2, 0) is 9.59 Å². The Morgan fingerprint density at radius 3 is 2.62 bits per heavy atom. The topological polar surface area (TPSA) is 49.4 Å². The summed E-state index contributed by atoms with van der Waals surface area (Å²) in [4.78, 5) is 26.0. The van der Waals surface area contributed by atoms with E-state index in [1.807, 2.05) is 11.9 Å². The van der Waals surface area contributed by atoms with Gasteiger partial charge in [0.2, 0.25) is 11.8 Å². The monoisotopic (exact) mass is 290 g/mol. The first-order valence-corrected chi connectivity index (χ1v) is 8.36. The summed E-state index contributed by atoms with van der Waals surface area (Å²) in [7, 11) is 1.88. The molecule has 0 saturated heterocycles. The van der Waals surface area contributed by atoms with Crippen molar-refractivity contribution >= 4 is 11.8 Å². The van der Waals surface area contributed by atoms with Crippen LogP contribution in [0, 0.1) is 23.7 Å². The maximum atomic E-state index is 12.2. The van der Waals surface area contributed by atoms with Crippen LogP contribution in [0.1, 0.15) is 38.5 Å². The van der Waals surface area contributed by atoms with Crippen LogP contribution in [0.25, 0.3) is 0 Å². The van der Waals surface area contributed by atoms with Crippen molar-refractivity contribution in [3.05, 3.63) is 12.2 Å². The lowest BCUT2D eigenvalue weighted by molar-refractivity contribution is -0.136. The molecule has 3 atom stereocenters. The standard InChI is InChI=1S/C17H26N2O2/c1-19(17(21)13-4-2-5-13)9-3-8-18-16(20)15-11-12-6-7-14(15)10-12/h6-7,12-15H,2-5,8-11H2,1H3,(H,18,20)/t12-,14-,15-/m0/s1. The van der Waals surface area contributed by atoms with Crippen molar-refractivity contribution < 1.29 is 9.59 Å². The molecule has 0 heterocycles. The molecule has 2 fully saturated rings. The molecular weight excluding hydrogens is 264 g/mol. The third-order valence-electron chi connectivity index (χ3n) is 5.42. The molecule has 0 radical (unpaired) electrons. The molecule has 0 spiro atoms. The summed E-state index contributed by atoms with van der Waals surface area (Å²) in [6, 6.07) is 0. The van der Waals surface area contributed by atoms with E-state index in [2.05, 4.69) is 17.5 Å². The zero-order valence-corrected chi connectivity index (χ0v) is 12.9. The predicted molar refractivity (Wildman–Crippen MR) is 81.4 cm³/mol. The first-order chi connectivity index (χ1) is 10.1. The van der Waals surface area contributed by atoms with Gasteiger partial charge in [-0.3, -0.25) is 9.59 Å². The van der Waals surface area contributed by atoms with Gasteiger partial charge in [0.1, 0.15) is 0 Å². The fourth-order valence-electron chi connectivity index (χ4n) is 3.82. The number of allylic oxidation sites excluding steroid dienone is 2. The van der Waals surface area contributed by atoms with Crippen molar-refractivity contribution in [3.8, 4) is 0 Å². The summed E-state index contributed by atoms with van der Waals surface area (Å²) in [5, 5.41) is 3.05. The Morgan fingerprint density at radius 1 is 1.24 bits per heavy atom. The second kappa shape index (κ2) is 6.20. The SMILES string of the molecule is CN(CCCNC(=O)[C@H]1C[C@H]2C=C[C@H]1C2)C(=O)C1CCC1. The van der Waals surface area contributed by atoms with Crippen molar-refractivity contribution in [1.29, 1.82) is 0 Å². The van der Waals surface area contributed by atoms with Crippen LogP contribution in [0.4, 0.5) is 0 Å². The summed E-state index contributed by atoms with van der Waals surface area (Å²) < 4.78 is 0. The molecule has 3 aliphatic carbocycles. The third kappa shape index (κ3) is 3.14. The molecule has 4 nitrogen and oxygen atoms in total. The molecule has 0 aliphatic heterocycles. The molecule has 0 aromatic rings. The van der Waals surface area contributed by atoms with Crippen molar-refractivity contribution in [2.45, 2.75) is 38.5 Å². The number of carbonyl (C=O) groups excluding carboxylic acids is 2. The van der Waals surface area contributed by atoms with Crippen LogP contribution < -0.4 is 5.32 Å². The molecule has 21 heavy (non-hydrogen) atoms. The smallest absolute Gasteiger partial charge is 0.225 e. The first-order valence-electron chi connectivity index (χ1n) is 8.36. The van der Waals surface area contributed by atoms with Gasteiger partial charge in [0.05, 0.1) is 0 Å².